The smallest absolute Gasteiger partial charge is 0.534 e. The molecule has 0 spiro atoms. The number of imide groups is 1. The molecule has 3 aromatic carbocycles. The van der Waals surface area contributed by atoms with Crippen LogP contribution in [0.5, 0.6) is 23.0 Å². The van der Waals surface area contributed by atoms with E-state index in [0.717, 1.165) is 12.0 Å². The molecule has 336 valence electrons. The zero-order valence-electron chi connectivity index (χ0n) is 33.7. The standard InChI is InChI=1S/C36H34BCl2F3N6O11.C4H8/c1-15(43-23-13-16-3-5-20(40)24(34(54)55)31(16)59-37(23)58-2)27(18-14-21(41)29(50)30(51)25(18)39)45-36(57)48-12-11-47(32(52)33(48)53)17-7-9-46(10-8-17)35(56)44-22-6-4-19(38)28(49)26(22)42;1-4-2-3-4/h3-6,14,17,23,27,43,49-51H,1,7-13H2,2H3,(H,44,56)(H,45,57)(H,54,55);4H,2-3H2,1H3. The maximum absolute atomic E-state index is 14.8. The number of fused-ring (bicyclic) bond motifs is 1. The topological polar surface area (TPSA) is 231 Å². The lowest BCUT2D eigenvalue weighted by Gasteiger charge is -2.41. The first-order valence-corrected chi connectivity index (χ1v) is 20.3. The molecule has 0 radical (unpaired) electrons. The fraction of sp³-hybridized carbons (Fsp3) is 0.375. The first kappa shape index (κ1) is 46.4. The average molecular weight is 922 g/mol. The second-order valence-electron chi connectivity index (χ2n) is 15.3. The number of hydrogen-bond donors (Lipinski definition) is 7. The summed E-state index contributed by atoms with van der Waals surface area (Å²) in [6, 6.07) is 1.37. The molecule has 6 amide bonds. The lowest BCUT2D eigenvalue weighted by atomic mass is 9.71. The van der Waals surface area contributed by atoms with Crippen LogP contribution in [0, 0.1) is 23.4 Å². The molecule has 0 aromatic heterocycles. The van der Waals surface area contributed by atoms with E-state index in [0.29, 0.717) is 11.0 Å². The Hall–Kier alpha value is -6.06. The molecular weight excluding hydrogens is 879 g/mol. The Morgan fingerprint density at radius 2 is 1.59 bits per heavy atom. The SMILES string of the molecule is C=C(NC1Cc2ccc(F)c(C(=O)O)c2OB1OC)C(NC(=O)N1CCN(C2CCN(C(=O)Nc3ccc(Cl)c(O)c3F)CC2)C(=O)C1=O)c1cc(F)c(O)c(O)c1Cl.CC1CC1. The van der Waals surface area contributed by atoms with Crippen molar-refractivity contribution in [3.05, 3.63) is 86.8 Å². The number of urea groups is 2. The number of rotatable bonds is 9. The predicted octanol–water partition coefficient (Wildman–Crippen LogP) is 5.54. The number of carbonyl (C=O) groups is 5. The van der Waals surface area contributed by atoms with Crippen molar-refractivity contribution in [1.82, 2.24) is 25.3 Å². The monoisotopic (exact) mass is 920 g/mol. The van der Waals surface area contributed by atoms with Crippen LogP contribution in [-0.4, -0.2) is 117 Å². The zero-order valence-corrected chi connectivity index (χ0v) is 35.2. The van der Waals surface area contributed by atoms with Gasteiger partial charge in [-0.2, -0.15) is 0 Å². The Balaban J connectivity index is 0.00000156. The van der Waals surface area contributed by atoms with Gasteiger partial charge in [-0.25, -0.2) is 27.6 Å². The van der Waals surface area contributed by atoms with E-state index in [9.17, 15) is 57.6 Å². The molecule has 3 aromatic rings. The van der Waals surface area contributed by atoms with E-state index >= 15 is 0 Å². The third-order valence-electron chi connectivity index (χ3n) is 11.0. The number of nitrogens with zero attached hydrogens (tertiary/aromatic N) is 3. The van der Waals surface area contributed by atoms with Crippen molar-refractivity contribution in [3.8, 4) is 23.0 Å². The van der Waals surface area contributed by atoms with Crippen molar-refractivity contribution in [2.75, 3.05) is 38.6 Å². The second kappa shape index (κ2) is 19.1. The van der Waals surface area contributed by atoms with Gasteiger partial charge in [-0.15, -0.1) is 0 Å². The lowest BCUT2D eigenvalue weighted by Crippen LogP contribution is -2.62. The van der Waals surface area contributed by atoms with Gasteiger partial charge in [0.05, 0.1) is 27.7 Å². The molecule has 1 aliphatic carbocycles. The summed E-state index contributed by atoms with van der Waals surface area (Å²) in [5.41, 5.74) is -1.30. The van der Waals surface area contributed by atoms with Gasteiger partial charge in [-0.05, 0) is 55.0 Å². The molecule has 0 bridgehead atoms. The molecule has 3 fully saturated rings. The number of benzene rings is 3. The van der Waals surface area contributed by atoms with Crippen molar-refractivity contribution in [3.63, 3.8) is 0 Å². The van der Waals surface area contributed by atoms with Crippen LogP contribution in [0.2, 0.25) is 10.0 Å². The van der Waals surface area contributed by atoms with Crippen LogP contribution >= 0.6 is 23.2 Å². The molecule has 23 heteroatoms. The van der Waals surface area contributed by atoms with E-state index in [1.54, 1.807) is 0 Å². The summed E-state index contributed by atoms with van der Waals surface area (Å²) in [5, 5.41) is 46.6. The number of aromatic hydroxyl groups is 3. The summed E-state index contributed by atoms with van der Waals surface area (Å²) in [7, 11) is -0.0674. The maximum Gasteiger partial charge on any atom is 0.549 e. The summed E-state index contributed by atoms with van der Waals surface area (Å²) in [4.78, 5) is 68.5. The van der Waals surface area contributed by atoms with Crippen LogP contribution < -0.4 is 20.6 Å². The van der Waals surface area contributed by atoms with E-state index < -0.39 is 100 Å². The number of carboxylic acid groups (broad SMARTS) is 1. The highest BCUT2D eigenvalue weighted by Crippen LogP contribution is 2.42. The minimum atomic E-state index is -1.60. The quantitative estimate of drug-likeness (QED) is 0.0798. The number of halogens is 5. The average Bonchev–Trinajstić information content (AvgIpc) is 4.05. The zero-order chi connectivity index (χ0) is 46.0. The molecule has 3 heterocycles. The highest BCUT2D eigenvalue weighted by Gasteiger charge is 2.43. The van der Waals surface area contributed by atoms with Gasteiger partial charge in [-0.1, -0.05) is 55.6 Å². The number of piperidine rings is 1. The van der Waals surface area contributed by atoms with Crippen molar-refractivity contribution < 1.29 is 66.9 Å². The van der Waals surface area contributed by atoms with Gasteiger partial charge >= 0.3 is 37.0 Å². The number of aromatic carboxylic acids is 1. The second-order valence-corrected chi connectivity index (χ2v) is 16.1. The van der Waals surface area contributed by atoms with Crippen LogP contribution in [0.25, 0.3) is 0 Å². The van der Waals surface area contributed by atoms with Crippen LogP contribution in [0.4, 0.5) is 28.4 Å². The molecule has 4 aliphatic rings. The summed E-state index contributed by atoms with van der Waals surface area (Å²) >= 11 is 12.0. The molecule has 63 heavy (non-hydrogen) atoms. The minimum Gasteiger partial charge on any atom is -0.534 e. The number of nitrogens with one attached hydrogen (secondary N) is 3. The molecule has 2 atom stereocenters. The number of carboxylic acids is 1. The van der Waals surface area contributed by atoms with Crippen LogP contribution in [0.3, 0.4) is 0 Å². The van der Waals surface area contributed by atoms with Crippen LogP contribution in [-0.2, 0) is 20.7 Å². The number of anilines is 1. The first-order valence-electron chi connectivity index (χ1n) is 19.6. The van der Waals surface area contributed by atoms with Crippen LogP contribution in [0.15, 0.2) is 42.6 Å². The van der Waals surface area contributed by atoms with E-state index in [1.165, 1.54) is 48.0 Å². The number of carbonyl (C=O) groups excluding carboxylic acids is 4. The van der Waals surface area contributed by atoms with Crippen molar-refractivity contribution >= 4 is 65.9 Å². The van der Waals surface area contributed by atoms with Gasteiger partial charge in [0.1, 0.15) is 17.1 Å². The van der Waals surface area contributed by atoms with Gasteiger partial charge < -0.3 is 55.5 Å². The van der Waals surface area contributed by atoms with Gasteiger partial charge in [0, 0.05) is 50.6 Å². The van der Waals surface area contributed by atoms with Gasteiger partial charge in [0.15, 0.2) is 28.9 Å². The van der Waals surface area contributed by atoms with E-state index in [2.05, 4.69) is 29.5 Å². The Labute approximate surface area is 368 Å². The number of amides is 6. The number of hydrogen-bond acceptors (Lipinski definition) is 11. The van der Waals surface area contributed by atoms with E-state index in [1.807, 2.05) is 0 Å². The normalized spacial score (nSPS) is 18.1. The summed E-state index contributed by atoms with van der Waals surface area (Å²) in [6.07, 6.45) is 3.36. The molecule has 7 N–H and O–H groups in total. The Kier molecular flexibility index (Phi) is 14.1. The van der Waals surface area contributed by atoms with Gasteiger partial charge in [0.2, 0.25) is 0 Å². The van der Waals surface area contributed by atoms with Crippen molar-refractivity contribution in [2.45, 2.75) is 57.1 Å². The molecular formula is C40H42BCl2F3N6O11. The highest BCUT2D eigenvalue weighted by atomic mass is 35.5. The molecule has 2 unspecified atom stereocenters. The number of phenolic OH excluding ortho intramolecular Hbond substituents is 3. The molecule has 1 saturated carbocycles. The molecule has 7 rings (SSSR count). The molecule has 17 nitrogen and oxygen atoms in total. The van der Waals surface area contributed by atoms with Crippen molar-refractivity contribution in [2.24, 2.45) is 5.92 Å². The number of likely N-dealkylation sites (tertiary alicyclic amines) is 1. The summed E-state index contributed by atoms with van der Waals surface area (Å²) in [5.74, 6) is -10.6. The highest BCUT2D eigenvalue weighted by molar-refractivity contribution is 6.48. The van der Waals surface area contributed by atoms with E-state index in [4.69, 9.17) is 32.5 Å². The predicted molar refractivity (Wildman–Crippen MR) is 221 cm³/mol. The minimum absolute atomic E-state index is 0.0546. The van der Waals surface area contributed by atoms with E-state index in [-0.39, 0.29) is 78.7 Å². The number of piperazine rings is 1. The fourth-order valence-electron chi connectivity index (χ4n) is 7.24. The summed E-state index contributed by atoms with van der Waals surface area (Å²) < 4.78 is 54.7. The summed E-state index contributed by atoms with van der Waals surface area (Å²) in [6.45, 7) is 5.99. The first-order chi connectivity index (χ1) is 29.8. The fourth-order valence-corrected chi connectivity index (χ4v) is 7.64. The third-order valence-corrected chi connectivity index (χ3v) is 11.7. The maximum atomic E-state index is 14.8. The lowest BCUT2D eigenvalue weighted by molar-refractivity contribution is -0.156. The Morgan fingerprint density at radius 3 is 2.21 bits per heavy atom. The molecule has 3 aliphatic heterocycles. The van der Waals surface area contributed by atoms with Gasteiger partial charge in [0.25, 0.3) is 0 Å². The van der Waals surface area contributed by atoms with Crippen molar-refractivity contribution in [1.29, 1.82) is 0 Å². The Morgan fingerprint density at radius 1 is 0.921 bits per heavy atom. The molecule has 2 saturated heterocycles. The number of phenols is 3. The third kappa shape index (κ3) is 9.95. The Bertz CT molecular complexity index is 2350. The van der Waals surface area contributed by atoms with Gasteiger partial charge in [-0.3, -0.25) is 14.5 Å². The largest absolute Gasteiger partial charge is 0.549 e. The van der Waals surface area contributed by atoms with Crippen LogP contribution in [0.1, 0.15) is 60.1 Å².